The molecule has 0 aromatic heterocycles. The van der Waals surface area contributed by atoms with Crippen LogP contribution >= 0.6 is 11.6 Å². The molecule has 0 amide bonds. The quantitative estimate of drug-likeness (QED) is 0.658. The third-order valence-corrected chi connectivity index (χ3v) is 3.47. The van der Waals surface area contributed by atoms with Crippen LogP contribution < -0.4 is 0 Å². The summed E-state index contributed by atoms with van der Waals surface area (Å²) < 4.78 is 5.18. The summed E-state index contributed by atoms with van der Waals surface area (Å²) in [6.07, 6.45) is 2.56. The van der Waals surface area contributed by atoms with E-state index in [4.69, 9.17) is 16.3 Å². The maximum atomic E-state index is 5.80. The third-order valence-electron chi connectivity index (χ3n) is 2.94. The monoisotopic (exact) mass is 219 g/mol. The third kappa shape index (κ3) is 4.16. The van der Waals surface area contributed by atoms with Crippen molar-refractivity contribution < 1.29 is 4.74 Å². The van der Waals surface area contributed by atoms with Gasteiger partial charge in [0.05, 0.1) is 0 Å². The van der Waals surface area contributed by atoms with Crippen LogP contribution in [0.15, 0.2) is 0 Å². The van der Waals surface area contributed by atoms with Gasteiger partial charge in [0.2, 0.25) is 0 Å². The average molecular weight is 220 g/mol. The molecule has 1 saturated heterocycles. The Morgan fingerprint density at radius 3 is 2.57 bits per heavy atom. The molecule has 1 aliphatic rings. The zero-order chi connectivity index (χ0) is 10.4. The SMILES string of the molecule is COCC1CCN(CC(C)CCl)CC1. The Hall–Kier alpha value is 0.210. The Morgan fingerprint density at radius 1 is 1.43 bits per heavy atom. The number of nitrogens with zero attached hydrogens (tertiary/aromatic N) is 1. The molecule has 1 atom stereocenters. The Balaban J connectivity index is 2.15. The fourth-order valence-corrected chi connectivity index (χ4v) is 2.16. The van der Waals surface area contributed by atoms with E-state index in [0.717, 1.165) is 24.9 Å². The zero-order valence-electron chi connectivity index (χ0n) is 9.34. The van der Waals surface area contributed by atoms with Gasteiger partial charge >= 0.3 is 0 Å². The van der Waals surface area contributed by atoms with Gasteiger partial charge in [-0.2, -0.15) is 0 Å². The first kappa shape index (κ1) is 12.3. The summed E-state index contributed by atoms with van der Waals surface area (Å²) in [4.78, 5) is 2.53. The molecule has 0 aliphatic carbocycles. The first-order valence-corrected chi connectivity index (χ1v) is 6.07. The molecule has 0 radical (unpaired) electrons. The maximum absolute atomic E-state index is 5.80. The number of hydrogen-bond donors (Lipinski definition) is 0. The van der Waals surface area contributed by atoms with E-state index in [2.05, 4.69) is 11.8 Å². The lowest BCUT2D eigenvalue weighted by Crippen LogP contribution is -2.37. The molecule has 0 bridgehead atoms. The van der Waals surface area contributed by atoms with Crippen LogP contribution in [0.4, 0.5) is 0 Å². The number of ether oxygens (including phenoxy) is 1. The van der Waals surface area contributed by atoms with Gasteiger partial charge in [0.1, 0.15) is 0 Å². The summed E-state index contributed by atoms with van der Waals surface area (Å²) in [6.45, 7) is 6.74. The van der Waals surface area contributed by atoms with Crippen molar-refractivity contribution in [2.75, 3.05) is 39.2 Å². The minimum absolute atomic E-state index is 0.621. The van der Waals surface area contributed by atoms with Crippen LogP contribution in [0.25, 0.3) is 0 Å². The summed E-state index contributed by atoms with van der Waals surface area (Å²) in [5.74, 6) is 2.18. The predicted octanol–water partition coefficient (Wildman–Crippen LogP) is 2.22. The van der Waals surface area contributed by atoms with Crippen LogP contribution in [0.1, 0.15) is 19.8 Å². The summed E-state index contributed by atoms with van der Waals surface area (Å²) in [6, 6.07) is 0. The van der Waals surface area contributed by atoms with E-state index >= 15 is 0 Å². The van der Waals surface area contributed by atoms with Crippen molar-refractivity contribution in [2.45, 2.75) is 19.8 Å². The predicted molar refractivity (Wildman–Crippen MR) is 60.9 cm³/mol. The van der Waals surface area contributed by atoms with Crippen LogP contribution in [0.5, 0.6) is 0 Å². The van der Waals surface area contributed by atoms with Crippen LogP contribution in [-0.4, -0.2) is 44.1 Å². The van der Waals surface area contributed by atoms with Crippen LogP contribution in [0, 0.1) is 11.8 Å². The minimum Gasteiger partial charge on any atom is -0.384 e. The second-order valence-electron chi connectivity index (χ2n) is 4.46. The number of methoxy groups -OCH3 is 1. The van der Waals surface area contributed by atoms with E-state index in [1.165, 1.54) is 25.9 Å². The molecule has 0 aromatic rings. The highest BCUT2D eigenvalue weighted by Crippen LogP contribution is 2.18. The summed E-state index contributed by atoms with van der Waals surface area (Å²) in [5.41, 5.74) is 0. The largest absolute Gasteiger partial charge is 0.384 e. The molecule has 1 heterocycles. The van der Waals surface area contributed by atoms with E-state index in [9.17, 15) is 0 Å². The number of rotatable bonds is 5. The minimum atomic E-state index is 0.621. The topological polar surface area (TPSA) is 12.5 Å². The Kier molecular flexibility index (Phi) is 5.83. The Labute approximate surface area is 92.6 Å². The molecule has 0 N–H and O–H groups in total. The van der Waals surface area contributed by atoms with Crippen LogP contribution in [-0.2, 0) is 4.74 Å². The molecule has 1 rings (SSSR count). The molecule has 0 saturated carbocycles. The highest BCUT2D eigenvalue weighted by atomic mass is 35.5. The van der Waals surface area contributed by atoms with Gasteiger partial charge in [0.25, 0.3) is 0 Å². The average Bonchev–Trinajstić information content (AvgIpc) is 2.21. The second kappa shape index (κ2) is 6.65. The number of likely N-dealkylation sites (tertiary alicyclic amines) is 1. The van der Waals surface area contributed by atoms with Crippen molar-refractivity contribution in [3.05, 3.63) is 0 Å². The molecule has 2 nitrogen and oxygen atoms in total. The Bertz CT molecular complexity index is 146. The van der Waals surface area contributed by atoms with Crippen LogP contribution in [0.2, 0.25) is 0 Å². The molecule has 1 aliphatic heterocycles. The number of hydrogen-bond acceptors (Lipinski definition) is 2. The van der Waals surface area contributed by atoms with Crippen molar-refractivity contribution in [2.24, 2.45) is 11.8 Å². The van der Waals surface area contributed by atoms with Crippen LogP contribution in [0.3, 0.4) is 0 Å². The summed E-state index contributed by atoms with van der Waals surface area (Å²) in [5, 5.41) is 0. The van der Waals surface area contributed by atoms with Crippen molar-refractivity contribution >= 4 is 11.6 Å². The smallest absolute Gasteiger partial charge is 0.0491 e. The molecule has 0 aromatic carbocycles. The maximum Gasteiger partial charge on any atom is 0.0491 e. The zero-order valence-corrected chi connectivity index (χ0v) is 10.1. The lowest BCUT2D eigenvalue weighted by molar-refractivity contribution is 0.0950. The van der Waals surface area contributed by atoms with E-state index in [1.54, 1.807) is 7.11 Å². The lowest BCUT2D eigenvalue weighted by atomic mass is 9.97. The first-order valence-electron chi connectivity index (χ1n) is 5.53. The first-order chi connectivity index (χ1) is 6.76. The molecule has 1 fully saturated rings. The molecule has 84 valence electrons. The normalized spacial score (nSPS) is 22.5. The molecular weight excluding hydrogens is 198 g/mol. The molecule has 14 heavy (non-hydrogen) atoms. The van der Waals surface area contributed by atoms with E-state index < -0.39 is 0 Å². The van der Waals surface area contributed by atoms with Crippen molar-refractivity contribution in [1.82, 2.24) is 4.90 Å². The van der Waals surface area contributed by atoms with Gasteiger partial charge in [-0.25, -0.2) is 0 Å². The lowest BCUT2D eigenvalue weighted by Gasteiger charge is -2.32. The summed E-state index contributed by atoms with van der Waals surface area (Å²) in [7, 11) is 1.79. The highest BCUT2D eigenvalue weighted by Gasteiger charge is 2.19. The fraction of sp³-hybridized carbons (Fsp3) is 1.00. The standard InChI is InChI=1S/C11H22ClNO/c1-10(7-12)8-13-5-3-11(4-6-13)9-14-2/h10-11H,3-9H2,1-2H3. The van der Waals surface area contributed by atoms with Gasteiger partial charge in [0, 0.05) is 26.1 Å². The van der Waals surface area contributed by atoms with E-state index in [1.807, 2.05) is 0 Å². The van der Waals surface area contributed by atoms with Crippen molar-refractivity contribution in [3.8, 4) is 0 Å². The fourth-order valence-electron chi connectivity index (χ4n) is 2.06. The second-order valence-corrected chi connectivity index (χ2v) is 4.77. The number of piperidine rings is 1. The van der Waals surface area contributed by atoms with Gasteiger partial charge in [0.15, 0.2) is 0 Å². The van der Waals surface area contributed by atoms with Gasteiger partial charge in [-0.1, -0.05) is 6.92 Å². The van der Waals surface area contributed by atoms with E-state index in [0.29, 0.717) is 5.92 Å². The number of halogens is 1. The molecular formula is C11H22ClNO. The number of alkyl halides is 1. The highest BCUT2D eigenvalue weighted by molar-refractivity contribution is 6.18. The van der Waals surface area contributed by atoms with E-state index in [-0.39, 0.29) is 0 Å². The molecule has 3 heteroatoms. The van der Waals surface area contributed by atoms with Gasteiger partial charge in [-0.05, 0) is 37.8 Å². The van der Waals surface area contributed by atoms with Crippen molar-refractivity contribution in [3.63, 3.8) is 0 Å². The summed E-state index contributed by atoms with van der Waals surface area (Å²) >= 11 is 5.80. The molecule has 1 unspecified atom stereocenters. The van der Waals surface area contributed by atoms with Crippen molar-refractivity contribution in [1.29, 1.82) is 0 Å². The molecule has 0 spiro atoms. The van der Waals surface area contributed by atoms with Gasteiger partial charge in [-0.15, -0.1) is 11.6 Å². The van der Waals surface area contributed by atoms with Gasteiger partial charge in [-0.3, -0.25) is 0 Å². The van der Waals surface area contributed by atoms with Gasteiger partial charge < -0.3 is 9.64 Å². The Morgan fingerprint density at radius 2 is 2.07 bits per heavy atom.